The molecule has 1 saturated carbocycles. The van der Waals surface area contributed by atoms with Crippen molar-refractivity contribution in [3.8, 4) is 0 Å². The summed E-state index contributed by atoms with van der Waals surface area (Å²) in [5, 5.41) is 29.7. The van der Waals surface area contributed by atoms with Crippen molar-refractivity contribution in [1.82, 2.24) is 0 Å². The molecule has 19 heavy (non-hydrogen) atoms. The van der Waals surface area contributed by atoms with Crippen molar-refractivity contribution >= 4 is 5.78 Å². The predicted molar refractivity (Wildman–Crippen MR) is 73.6 cm³/mol. The van der Waals surface area contributed by atoms with Gasteiger partial charge in [-0.25, -0.2) is 0 Å². The maximum absolute atomic E-state index is 12.1. The Morgan fingerprint density at radius 1 is 1.37 bits per heavy atom. The third-order valence-electron chi connectivity index (χ3n) is 3.62. The molecule has 0 aromatic rings. The van der Waals surface area contributed by atoms with Gasteiger partial charge in [-0.1, -0.05) is 18.2 Å². The van der Waals surface area contributed by atoms with E-state index in [9.17, 15) is 20.1 Å². The Bertz CT molecular complexity index is 387. The molecule has 1 rings (SSSR count). The van der Waals surface area contributed by atoms with Crippen LogP contribution in [0.1, 0.15) is 40.0 Å². The molecule has 3 N–H and O–H groups in total. The van der Waals surface area contributed by atoms with Gasteiger partial charge in [-0.2, -0.15) is 0 Å². The lowest BCUT2D eigenvalue weighted by Crippen LogP contribution is -2.46. The molecule has 0 radical (unpaired) electrons. The van der Waals surface area contributed by atoms with Crippen LogP contribution in [0.25, 0.3) is 0 Å². The van der Waals surface area contributed by atoms with Crippen LogP contribution in [0.2, 0.25) is 0 Å². The highest BCUT2D eigenvalue weighted by Crippen LogP contribution is 2.36. The van der Waals surface area contributed by atoms with Gasteiger partial charge in [0.05, 0.1) is 11.7 Å². The van der Waals surface area contributed by atoms with Gasteiger partial charge in [0.2, 0.25) is 0 Å². The van der Waals surface area contributed by atoms with Gasteiger partial charge in [0.1, 0.15) is 5.60 Å². The second-order valence-electron chi connectivity index (χ2n) is 6.14. The molecule has 4 nitrogen and oxygen atoms in total. The minimum absolute atomic E-state index is 0.341. The molecule has 0 spiro atoms. The highest BCUT2D eigenvalue weighted by Gasteiger charge is 2.42. The summed E-state index contributed by atoms with van der Waals surface area (Å²) in [6.07, 6.45) is 3.63. The molecule has 1 aliphatic carbocycles. The molecular formula is C15H24O4. The number of carbonyl (C=O) groups is 1. The van der Waals surface area contributed by atoms with E-state index < -0.39 is 29.0 Å². The number of rotatable bonds is 4. The SMILES string of the molecule is C=C1CC[C@H](O)C[C@@H]1[C@@](C)(O)C(=O)/C=C/C(C)(C)O. The zero-order chi connectivity index (χ0) is 14.8. The molecule has 3 atom stereocenters. The van der Waals surface area contributed by atoms with Crippen molar-refractivity contribution in [3.63, 3.8) is 0 Å². The molecule has 108 valence electrons. The first-order valence-electron chi connectivity index (χ1n) is 6.58. The smallest absolute Gasteiger partial charge is 0.187 e. The normalized spacial score (nSPS) is 28.4. The number of carbonyl (C=O) groups excluding carboxylic acids is 1. The Kier molecular flexibility index (Phi) is 4.72. The van der Waals surface area contributed by atoms with Crippen molar-refractivity contribution in [2.75, 3.05) is 0 Å². The molecule has 0 aromatic carbocycles. The Morgan fingerprint density at radius 2 is 1.95 bits per heavy atom. The summed E-state index contributed by atoms with van der Waals surface area (Å²) < 4.78 is 0. The number of aliphatic hydroxyl groups excluding tert-OH is 1. The van der Waals surface area contributed by atoms with Crippen LogP contribution in [0.5, 0.6) is 0 Å². The van der Waals surface area contributed by atoms with Crippen molar-refractivity contribution in [3.05, 3.63) is 24.3 Å². The maximum atomic E-state index is 12.1. The molecule has 0 aliphatic heterocycles. The van der Waals surface area contributed by atoms with E-state index in [0.717, 1.165) is 5.57 Å². The highest BCUT2D eigenvalue weighted by atomic mass is 16.3. The van der Waals surface area contributed by atoms with Crippen molar-refractivity contribution < 1.29 is 20.1 Å². The topological polar surface area (TPSA) is 77.8 Å². The van der Waals surface area contributed by atoms with Crippen LogP contribution < -0.4 is 0 Å². The summed E-state index contributed by atoms with van der Waals surface area (Å²) in [5.74, 6) is -0.926. The first-order valence-corrected chi connectivity index (χ1v) is 6.58. The van der Waals surface area contributed by atoms with Crippen LogP contribution in [0.4, 0.5) is 0 Å². The van der Waals surface area contributed by atoms with Gasteiger partial charge in [0.25, 0.3) is 0 Å². The van der Waals surface area contributed by atoms with E-state index in [1.54, 1.807) is 13.8 Å². The number of ketones is 1. The molecule has 0 unspecified atom stereocenters. The maximum Gasteiger partial charge on any atom is 0.187 e. The van der Waals surface area contributed by atoms with E-state index >= 15 is 0 Å². The average Bonchev–Trinajstić information content (AvgIpc) is 2.28. The Morgan fingerprint density at radius 3 is 2.47 bits per heavy atom. The van der Waals surface area contributed by atoms with E-state index in [1.165, 1.54) is 19.1 Å². The minimum Gasteiger partial charge on any atom is -0.393 e. The molecule has 1 fully saturated rings. The van der Waals surface area contributed by atoms with Crippen LogP contribution in [-0.4, -0.2) is 38.4 Å². The minimum atomic E-state index is -1.60. The van der Waals surface area contributed by atoms with Crippen LogP contribution in [0, 0.1) is 5.92 Å². The zero-order valence-corrected chi connectivity index (χ0v) is 11.9. The standard InChI is InChI=1S/C15H24O4/c1-10-5-6-11(16)9-12(10)15(4,19)13(17)7-8-14(2,3)18/h7-8,11-12,16,18-19H,1,5-6,9H2,2-4H3/b8-7+/t11-,12-,15+/m0/s1. The molecule has 0 bridgehead atoms. The summed E-state index contributed by atoms with van der Waals surface area (Å²) in [5.41, 5.74) is -1.91. The fraction of sp³-hybridized carbons (Fsp3) is 0.667. The fourth-order valence-corrected chi connectivity index (χ4v) is 2.33. The van der Waals surface area contributed by atoms with Gasteiger partial charge >= 0.3 is 0 Å². The molecule has 1 aliphatic rings. The van der Waals surface area contributed by atoms with Crippen LogP contribution >= 0.6 is 0 Å². The summed E-state index contributed by atoms with van der Waals surface area (Å²) in [4.78, 5) is 12.1. The van der Waals surface area contributed by atoms with Crippen molar-refractivity contribution in [1.29, 1.82) is 0 Å². The number of hydrogen-bond donors (Lipinski definition) is 3. The third kappa shape index (κ3) is 4.27. The van der Waals surface area contributed by atoms with E-state index in [2.05, 4.69) is 6.58 Å². The average molecular weight is 268 g/mol. The van der Waals surface area contributed by atoms with Gasteiger partial charge < -0.3 is 15.3 Å². The Labute approximate surface area is 114 Å². The first-order chi connectivity index (χ1) is 8.54. The zero-order valence-electron chi connectivity index (χ0n) is 11.9. The lowest BCUT2D eigenvalue weighted by atomic mass is 9.72. The summed E-state index contributed by atoms with van der Waals surface area (Å²) in [6, 6.07) is 0. The number of hydrogen-bond acceptors (Lipinski definition) is 4. The highest BCUT2D eigenvalue weighted by molar-refractivity contribution is 5.97. The molecular weight excluding hydrogens is 244 g/mol. The second-order valence-corrected chi connectivity index (χ2v) is 6.14. The molecule has 4 heteroatoms. The molecule has 0 saturated heterocycles. The largest absolute Gasteiger partial charge is 0.393 e. The summed E-state index contributed by atoms with van der Waals surface area (Å²) in [6.45, 7) is 8.43. The van der Waals surface area contributed by atoms with E-state index in [4.69, 9.17) is 0 Å². The first kappa shape index (κ1) is 16.1. The van der Waals surface area contributed by atoms with Gasteiger partial charge in [0.15, 0.2) is 5.78 Å². The summed E-state index contributed by atoms with van der Waals surface area (Å²) >= 11 is 0. The van der Waals surface area contributed by atoms with Gasteiger partial charge in [-0.15, -0.1) is 0 Å². The fourth-order valence-electron chi connectivity index (χ4n) is 2.33. The van der Waals surface area contributed by atoms with E-state index in [0.29, 0.717) is 19.3 Å². The molecule has 0 amide bonds. The van der Waals surface area contributed by atoms with Gasteiger partial charge in [-0.3, -0.25) is 4.79 Å². The lowest BCUT2D eigenvalue weighted by molar-refractivity contribution is -0.136. The van der Waals surface area contributed by atoms with Crippen molar-refractivity contribution in [2.24, 2.45) is 5.92 Å². The monoisotopic (exact) mass is 268 g/mol. The van der Waals surface area contributed by atoms with Crippen molar-refractivity contribution in [2.45, 2.75) is 57.3 Å². The van der Waals surface area contributed by atoms with Crippen LogP contribution in [0.15, 0.2) is 24.3 Å². The van der Waals surface area contributed by atoms with E-state index in [1.807, 2.05) is 0 Å². The van der Waals surface area contributed by atoms with Crippen LogP contribution in [-0.2, 0) is 4.79 Å². The van der Waals surface area contributed by atoms with Gasteiger partial charge in [0, 0.05) is 5.92 Å². The van der Waals surface area contributed by atoms with Gasteiger partial charge in [-0.05, 0) is 46.1 Å². The third-order valence-corrected chi connectivity index (χ3v) is 3.62. The molecule has 0 aromatic heterocycles. The van der Waals surface area contributed by atoms with E-state index in [-0.39, 0.29) is 0 Å². The predicted octanol–water partition coefficient (Wildman–Crippen LogP) is 1.35. The lowest BCUT2D eigenvalue weighted by Gasteiger charge is -2.37. The second kappa shape index (κ2) is 5.57. The quantitative estimate of drug-likeness (QED) is 0.531. The Hall–Kier alpha value is -0.970. The van der Waals surface area contributed by atoms with Crippen LogP contribution in [0.3, 0.4) is 0 Å². The summed E-state index contributed by atoms with van der Waals surface area (Å²) in [7, 11) is 0. The molecule has 0 heterocycles. The number of aliphatic hydroxyl groups is 3. The Balaban J connectivity index is 2.87.